The van der Waals surface area contributed by atoms with E-state index in [1.165, 1.54) is 31.5 Å². The van der Waals surface area contributed by atoms with Gasteiger partial charge in [-0.25, -0.2) is 14.8 Å². The van der Waals surface area contributed by atoms with Gasteiger partial charge < -0.3 is 5.32 Å². The number of benzene rings is 1. The minimum absolute atomic E-state index is 0.0129. The second kappa shape index (κ2) is 6.35. The molecule has 0 spiro atoms. The van der Waals surface area contributed by atoms with E-state index in [2.05, 4.69) is 15.3 Å². The number of aromatic nitrogens is 2. The summed E-state index contributed by atoms with van der Waals surface area (Å²) in [6.45, 7) is 1.06. The number of amides is 3. The molecule has 0 aliphatic carbocycles. The molecule has 2 aromatic rings. The highest BCUT2D eigenvalue weighted by molar-refractivity contribution is 6.07. The molecule has 0 saturated carbocycles. The molecule has 7 nitrogen and oxygen atoms in total. The smallest absolute Gasteiger partial charge is 0.319 e. The van der Waals surface area contributed by atoms with E-state index in [-0.39, 0.29) is 23.5 Å². The number of hydrogen-bond acceptors (Lipinski definition) is 5. The molecule has 10 heteroatoms. The Kier molecular flexibility index (Phi) is 4.31. The quantitative estimate of drug-likeness (QED) is 0.830. The Morgan fingerprint density at radius 2 is 1.93 bits per heavy atom. The third-order valence-electron chi connectivity index (χ3n) is 4.18. The van der Waals surface area contributed by atoms with Crippen molar-refractivity contribution in [1.29, 1.82) is 5.26 Å². The van der Waals surface area contributed by atoms with Crippen LogP contribution in [0, 0.1) is 11.3 Å². The lowest BCUT2D eigenvalue weighted by atomic mass is 9.90. The number of nitrogens with zero attached hydrogens (tertiary/aromatic N) is 4. The lowest BCUT2D eigenvalue weighted by Gasteiger charge is -2.23. The van der Waals surface area contributed by atoms with Crippen LogP contribution in [-0.2, 0) is 23.1 Å². The Bertz CT molecular complexity index is 952. The molecule has 3 rings (SSSR count). The molecule has 138 valence electrons. The number of nitriles is 1. The molecule has 0 radical (unpaired) electrons. The van der Waals surface area contributed by atoms with Crippen molar-refractivity contribution < 1.29 is 22.8 Å². The first-order chi connectivity index (χ1) is 12.6. The van der Waals surface area contributed by atoms with Crippen molar-refractivity contribution in [3.63, 3.8) is 0 Å². The highest BCUT2D eigenvalue weighted by Crippen LogP contribution is 2.34. The molecule has 3 amide bonds. The second-order valence-electron chi connectivity index (χ2n) is 6.02. The molecule has 1 aromatic carbocycles. The Morgan fingerprint density at radius 1 is 1.26 bits per heavy atom. The standard InChI is InChI=1S/C17H12F3N5O2/c1-16(11-3-2-4-12(5-11)17(18,19)20)14(26)25(15(27)24-16)9-13-22-7-10(6-21)8-23-13/h2-5,7-8H,9H2,1H3,(H,24,27). The van der Waals surface area contributed by atoms with Crippen LogP contribution in [-0.4, -0.2) is 26.8 Å². The zero-order valence-corrected chi connectivity index (χ0v) is 13.9. The van der Waals surface area contributed by atoms with Crippen LogP contribution in [0.4, 0.5) is 18.0 Å². The fourth-order valence-electron chi connectivity index (χ4n) is 2.68. The van der Waals surface area contributed by atoms with Crippen LogP contribution < -0.4 is 5.32 Å². The maximum Gasteiger partial charge on any atom is 0.416 e. The first-order valence-corrected chi connectivity index (χ1v) is 7.68. The van der Waals surface area contributed by atoms with Gasteiger partial charge >= 0.3 is 12.2 Å². The SMILES string of the molecule is CC1(c2cccc(C(F)(F)F)c2)NC(=O)N(Cc2ncc(C#N)cn2)C1=O. The van der Waals surface area contributed by atoms with Crippen LogP contribution in [0.15, 0.2) is 36.7 Å². The average Bonchev–Trinajstić information content (AvgIpc) is 2.86. The largest absolute Gasteiger partial charge is 0.416 e. The maximum absolute atomic E-state index is 13.0. The summed E-state index contributed by atoms with van der Waals surface area (Å²) >= 11 is 0. The van der Waals surface area contributed by atoms with Crippen molar-refractivity contribution in [3.05, 3.63) is 59.2 Å². The monoisotopic (exact) mass is 375 g/mol. The summed E-state index contributed by atoms with van der Waals surface area (Å²) in [6, 6.07) is 5.31. The van der Waals surface area contributed by atoms with Gasteiger partial charge in [0.05, 0.1) is 17.7 Å². The van der Waals surface area contributed by atoms with Crippen LogP contribution in [0.1, 0.15) is 29.4 Å². The van der Waals surface area contributed by atoms with Gasteiger partial charge in [-0.3, -0.25) is 9.69 Å². The van der Waals surface area contributed by atoms with E-state index in [0.717, 1.165) is 17.0 Å². The van der Waals surface area contributed by atoms with E-state index in [0.29, 0.717) is 0 Å². The molecule has 1 aliphatic rings. The molecular formula is C17H12F3N5O2. The molecule has 2 heterocycles. The van der Waals surface area contributed by atoms with Crippen molar-refractivity contribution in [2.45, 2.75) is 25.2 Å². The normalized spacial score (nSPS) is 19.7. The van der Waals surface area contributed by atoms with Gasteiger partial charge in [-0.15, -0.1) is 0 Å². The third kappa shape index (κ3) is 3.31. The number of alkyl halides is 3. The number of rotatable bonds is 3. The van der Waals surface area contributed by atoms with Gasteiger partial charge in [-0.05, 0) is 24.6 Å². The minimum atomic E-state index is -4.58. The van der Waals surface area contributed by atoms with Gasteiger partial charge in [0.1, 0.15) is 17.4 Å². The van der Waals surface area contributed by atoms with Crippen molar-refractivity contribution in [2.24, 2.45) is 0 Å². The Hall–Kier alpha value is -3.48. The summed E-state index contributed by atoms with van der Waals surface area (Å²) in [5, 5.41) is 11.2. The van der Waals surface area contributed by atoms with E-state index in [1.54, 1.807) is 0 Å². The Labute approximate surface area is 151 Å². The molecule has 1 aromatic heterocycles. The van der Waals surface area contributed by atoms with Gasteiger partial charge in [0.2, 0.25) is 0 Å². The highest BCUT2D eigenvalue weighted by Gasteiger charge is 2.49. The zero-order valence-electron chi connectivity index (χ0n) is 13.9. The summed E-state index contributed by atoms with van der Waals surface area (Å²) in [5.74, 6) is -0.606. The van der Waals surface area contributed by atoms with Crippen LogP contribution in [0.3, 0.4) is 0 Å². The minimum Gasteiger partial charge on any atom is -0.319 e. The molecule has 27 heavy (non-hydrogen) atoms. The number of halogens is 3. The summed E-state index contributed by atoms with van der Waals surface area (Å²) in [7, 11) is 0. The van der Waals surface area contributed by atoms with Crippen molar-refractivity contribution in [2.75, 3.05) is 0 Å². The van der Waals surface area contributed by atoms with Crippen LogP contribution in [0.5, 0.6) is 0 Å². The average molecular weight is 375 g/mol. The van der Waals surface area contributed by atoms with Crippen LogP contribution in [0.2, 0.25) is 0 Å². The van der Waals surface area contributed by atoms with E-state index < -0.39 is 29.2 Å². The predicted molar refractivity (Wildman–Crippen MR) is 84.6 cm³/mol. The first-order valence-electron chi connectivity index (χ1n) is 7.68. The van der Waals surface area contributed by atoms with Gasteiger partial charge in [0.25, 0.3) is 5.91 Å². The number of carbonyl (C=O) groups excluding carboxylic acids is 2. The number of nitrogens with one attached hydrogen (secondary N) is 1. The van der Waals surface area contributed by atoms with E-state index >= 15 is 0 Å². The molecule has 1 atom stereocenters. The molecule has 0 bridgehead atoms. The molecule has 1 saturated heterocycles. The van der Waals surface area contributed by atoms with Gasteiger partial charge in [-0.2, -0.15) is 18.4 Å². The maximum atomic E-state index is 13.0. The third-order valence-corrected chi connectivity index (χ3v) is 4.18. The fraction of sp³-hybridized carbons (Fsp3) is 0.235. The Balaban J connectivity index is 1.89. The van der Waals surface area contributed by atoms with Gasteiger partial charge in [0.15, 0.2) is 0 Å². The summed E-state index contributed by atoms with van der Waals surface area (Å²) < 4.78 is 38.9. The van der Waals surface area contributed by atoms with Crippen molar-refractivity contribution >= 4 is 11.9 Å². The molecule has 1 unspecified atom stereocenters. The molecule has 1 N–H and O–H groups in total. The Morgan fingerprint density at radius 3 is 2.52 bits per heavy atom. The summed E-state index contributed by atoms with van der Waals surface area (Å²) in [4.78, 5) is 33.6. The lowest BCUT2D eigenvalue weighted by Crippen LogP contribution is -2.41. The number of hydrogen-bond donors (Lipinski definition) is 1. The lowest BCUT2D eigenvalue weighted by molar-refractivity contribution is -0.138. The molecular weight excluding hydrogens is 363 g/mol. The van der Waals surface area contributed by atoms with Gasteiger partial charge in [-0.1, -0.05) is 12.1 Å². The highest BCUT2D eigenvalue weighted by atomic mass is 19.4. The van der Waals surface area contributed by atoms with Crippen LogP contribution in [0.25, 0.3) is 0 Å². The van der Waals surface area contributed by atoms with E-state index in [1.807, 2.05) is 6.07 Å². The fourth-order valence-corrected chi connectivity index (χ4v) is 2.68. The summed E-state index contributed by atoms with van der Waals surface area (Å²) in [5.41, 5.74) is -2.34. The number of urea groups is 1. The molecule has 1 aliphatic heterocycles. The van der Waals surface area contributed by atoms with Crippen molar-refractivity contribution in [1.82, 2.24) is 20.2 Å². The topological polar surface area (TPSA) is 99.0 Å². The number of imide groups is 1. The van der Waals surface area contributed by atoms with E-state index in [9.17, 15) is 22.8 Å². The summed E-state index contributed by atoms with van der Waals surface area (Å²) in [6.07, 6.45) is -2.09. The number of carbonyl (C=O) groups is 2. The van der Waals surface area contributed by atoms with Gasteiger partial charge in [0, 0.05) is 12.4 Å². The van der Waals surface area contributed by atoms with Crippen LogP contribution >= 0.6 is 0 Å². The second-order valence-corrected chi connectivity index (χ2v) is 6.02. The van der Waals surface area contributed by atoms with E-state index in [4.69, 9.17) is 5.26 Å². The zero-order chi connectivity index (χ0) is 19.8. The predicted octanol–water partition coefficient (Wildman–Crippen LogP) is 2.33. The molecule has 1 fully saturated rings. The van der Waals surface area contributed by atoms with Crippen molar-refractivity contribution in [3.8, 4) is 6.07 Å². The first kappa shape index (κ1) is 18.3.